The van der Waals surface area contributed by atoms with Crippen molar-refractivity contribution in [2.75, 3.05) is 19.0 Å². The van der Waals surface area contributed by atoms with Crippen LogP contribution in [-0.4, -0.2) is 40.6 Å². The van der Waals surface area contributed by atoms with Gasteiger partial charge in [-0.3, -0.25) is 0 Å². The number of methoxy groups -OCH3 is 1. The first-order valence-electron chi connectivity index (χ1n) is 15.4. The van der Waals surface area contributed by atoms with Crippen LogP contribution in [0.3, 0.4) is 0 Å². The van der Waals surface area contributed by atoms with Gasteiger partial charge in [-0.1, -0.05) is 84.4 Å². The summed E-state index contributed by atoms with van der Waals surface area (Å²) < 4.78 is 19.8. The highest BCUT2D eigenvalue weighted by Crippen LogP contribution is 2.40. The van der Waals surface area contributed by atoms with E-state index in [1.165, 1.54) is 23.7 Å². The average Bonchev–Trinajstić information content (AvgIpc) is 3.47. The monoisotopic (exact) mass is 644 g/mol. The van der Waals surface area contributed by atoms with Crippen molar-refractivity contribution in [3.8, 4) is 11.5 Å². The fourth-order valence-electron chi connectivity index (χ4n) is 5.82. The minimum atomic E-state index is -0.577. The molecule has 1 unspecified atom stereocenters. The van der Waals surface area contributed by atoms with Crippen LogP contribution in [0.5, 0.6) is 11.5 Å². The zero-order chi connectivity index (χ0) is 31.2. The predicted octanol–water partition coefficient (Wildman–Crippen LogP) is 8.02. The summed E-state index contributed by atoms with van der Waals surface area (Å²) in [5.41, 5.74) is 4.20. The van der Waals surface area contributed by atoms with Crippen LogP contribution in [0.25, 0.3) is 0 Å². The molecule has 2 aliphatic rings. The van der Waals surface area contributed by atoms with Crippen molar-refractivity contribution in [1.29, 1.82) is 0 Å². The summed E-state index contributed by atoms with van der Waals surface area (Å²) >= 11 is 7.89. The number of carbonyl (C=O) groups is 1. The van der Waals surface area contributed by atoms with E-state index < -0.39 is 6.04 Å². The van der Waals surface area contributed by atoms with E-state index in [9.17, 15) is 4.79 Å². The lowest BCUT2D eigenvalue weighted by atomic mass is 9.94. The lowest BCUT2D eigenvalue weighted by molar-refractivity contribution is -0.146. The smallest absolute Gasteiger partial charge is 0.338 e. The molecule has 1 aliphatic carbocycles. The van der Waals surface area contributed by atoms with Crippen molar-refractivity contribution >= 4 is 35.3 Å². The number of benzene rings is 3. The first-order valence-corrected chi connectivity index (χ1v) is 16.7. The Morgan fingerprint density at radius 3 is 2.58 bits per heavy atom. The maximum Gasteiger partial charge on any atom is 0.338 e. The molecule has 1 saturated carbocycles. The number of esters is 1. The van der Waals surface area contributed by atoms with Crippen molar-refractivity contribution in [2.45, 2.75) is 68.5 Å². The zero-order valence-corrected chi connectivity index (χ0v) is 27.1. The van der Waals surface area contributed by atoms with Gasteiger partial charge in [-0.25, -0.2) is 9.48 Å². The molecule has 3 aromatic carbocycles. The standard InChI is InChI=1S/C35H37ClN4O4S/c1-23-31(33(41)44-27-14-7-4-8-15-27)32(40-34(37-23)38-35(39-40)45-22-26-13-9-10-16-28(26)36)25-17-18-29(30(21-25)42-2)43-20-19-24-11-5-3-6-12-24/h3,5-6,9-13,16-18,21,27,32H,4,7-8,14-15,19-20,22H2,1-2H3,(H,37,38,39). The SMILES string of the molecule is COc1cc(C2C(C(=O)OC3CCCCC3)=C(C)Nc3nc(SCc4ccccc4Cl)nn32)ccc1OCCc1ccccc1. The summed E-state index contributed by atoms with van der Waals surface area (Å²) in [6.07, 6.45) is 5.78. The van der Waals surface area contributed by atoms with E-state index in [0.29, 0.717) is 51.3 Å². The molecule has 6 rings (SSSR count). The number of allylic oxidation sites excluding steroid dienone is 1. The molecule has 0 bridgehead atoms. The van der Waals surface area contributed by atoms with Crippen LogP contribution in [0.2, 0.25) is 5.02 Å². The number of thioether (sulfide) groups is 1. The molecular weight excluding hydrogens is 608 g/mol. The van der Waals surface area contributed by atoms with E-state index in [4.69, 9.17) is 35.9 Å². The first kappa shape index (κ1) is 31.0. The Hall–Kier alpha value is -3.95. The highest BCUT2D eigenvalue weighted by atomic mass is 35.5. The number of hydrogen-bond donors (Lipinski definition) is 1. The van der Waals surface area contributed by atoms with Crippen LogP contribution in [0.1, 0.15) is 61.8 Å². The van der Waals surface area contributed by atoms with E-state index in [1.54, 1.807) is 11.8 Å². The van der Waals surface area contributed by atoms with Gasteiger partial charge in [0.2, 0.25) is 11.1 Å². The first-order chi connectivity index (χ1) is 22.0. The molecule has 4 aromatic rings. The van der Waals surface area contributed by atoms with Gasteiger partial charge >= 0.3 is 5.97 Å². The molecule has 8 nitrogen and oxygen atoms in total. The van der Waals surface area contributed by atoms with Gasteiger partial charge < -0.3 is 19.5 Å². The highest BCUT2D eigenvalue weighted by molar-refractivity contribution is 7.98. The third-order valence-electron chi connectivity index (χ3n) is 8.19. The third-order valence-corrected chi connectivity index (χ3v) is 9.44. The van der Waals surface area contributed by atoms with Gasteiger partial charge in [0.25, 0.3) is 0 Å². The van der Waals surface area contributed by atoms with E-state index >= 15 is 0 Å². The second-order valence-corrected chi connectivity index (χ2v) is 12.6. The quantitative estimate of drug-likeness (QED) is 0.130. The molecule has 1 N–H and O–H groups in total. The summed E-state index contributed by atoms with van der Waals surface area (Å²) in [5, 5.41) is 9.47. The summed E-state index contributed by atoms with van der Waals surface area (Å²) in [6.45, 7) is 2.39. The van der Waals surface area contributed by atoms with E-state index in [2.05, 4.69) is 17.4 Å². The third kappa shape index (κ3) is 7.31. The van der Waals surface area contributed by atoms with Crippen LogP contribution in [0.15, 0.2) is 89.2 Å². The van der Waals surface area contributed by atoms with Crippen molar-refractivity contribution in [1.82, 2.24) is 14.8 Å². The van der Waals surface area contributed by atoms with Crippen LogP contribution in [0, 0.1) is 0 Å². The second-order valence-electron chi connectivity index (χ2n) is 11.3. The molecule has 0 radical (unpaired) electrons. The lowest BCUT2D eigenvalue weighted by Gasteiger charge is -2.30. The fraction of sp³-hybridized carbons (Fsp3) is 0.343. The second kappa shape index (κ2) is 14.4. The van der Waals surface area contributed by atoms with Gasteiger partial charge in [0.1, 0.15) is 12.1 Å². The number of hydrogen-bond acceptors (Lipinski definition) is 8. The van der Waals surface area contributed by atoms with Crippen LogP contribution < -0.4 is 14.8 Å². The van der Waals surface area contributed by atoms with E-state index in [1.807, 2.05) is 67.6 Å². The van der Waals surface area contributed by atoms with Crippen molar-refractivity contribution in [3.63, 3.8) is 0 Å². The average molecular weight is 645 g/mol. The maximum absolute atomic E-state index is 13.9. The number of nitrogens with zero attached hydrogens (tertiary/aromatic N) is 3. The van der Waals surface area contributed by atoms with E-state index in [-0.39, 0.29) is 12.1 Å². The Balaban J connectivity index is 1.29. The molecule has 0 spiro atoms. The Morgan fingerprint density at radius 2 is 1.80 bits per heavy atom. The van der Waals surface area contributed by atoms with Gasteiger partial charge in [-0.15, -0.1) is 5.10 Å². The highest BCUT2D eigenvalue weighted by Gasteiger charge is 2.37. The molecule has 234 valence electrons. The molecule has 0 amide bonds. The summed E-state index contributed by atoms with van der Waals surface area (Å²) in [7, 11) is 1.62. The number of halogens is 1. The van der Waals surface area contributed by atoms with Gasteiger partial charge in [0, 0.05) is 22.9 Å². The number of fused-ring (bicyclic) bond motifs is 1. The Morgan fingerprint density at radius 1 is 1.02 bits per heavy atom. The van der Waals surface area contributed by atoms with Crippen LogP contribution >= 0.6 is 23.4 Å². The molecule has 2 heterocycles. The van der Waals surface area contributed by atoms with Crippen LogP contribution in [-0.2, 0) is 21.7 Å². The molecule has 1 fully saturated rings. The summed E-state index contributed by atoms with van der Waals surface area (Å²) in [6, 6.07) is 23.1. The zero-order valence-electron chi connectivity index (χ0n) is 25.5. The van der Waals surface area contributed by atoms with Crippen molar-refractivity contribution < 1.29 is 19.0 Å². The predicted molar refractivity (Wildman–Crippen MR) is 177 cm³/mol. The number of ether oxygens (including phenoxy) is 3. The van der Waals surface area contributed by atoms with Gasteiger partial charge in [-0.2, -0.15) is 4.98 Å². The normalized spacial score (nSPS) is 16.6. The number of carbonyl (C=O) groups excluding carboxylic acids is 1. The minimum absolute atomic E-state index is 0.0824. The molecular formula is C35H37ClN4O4S. The molecule has 1 aliphatic heterocycles. The van der Waals surface area contributed by atoms with Crippen molar-refractivity contribution in [2.24, 2.45) is 0 Å². The summed E-state index contributed by atoms with van der Waals surface area (Å²) in [4.78, 5) is 18.6. The Kier molecular flexibility index (Phi) is 9.96. The molecule has 10 heteroatoms. The number of aromatic nitrogens is 3. The maximum atomic E-state index is 13.9. The van der Waals surface area contributed by atoms with Gasteiger partial charge in [0.05, 0.1) is 19.3 Å². The van der Waals surface area contributed by atoms with Crippen molar-refractivity contribution in [3.05, 3.63) is 106 Å². The topological polar surface area (TPSA) is 87.5 Å². The number of nitrogens with one attached hydrogen (secondary N) is 1. The minimum Gasteiger partial charge on any atom is -0.493 e. The molecule has 45 heavy (non-hydrogen) atoms. The van der Waals surface area contributed by atoms with Crippen LogP contribution in [0.4, 0.5) is 5.95 Å². The molecule has 0 saturated heterocycles. The molecule has 1 aromatic heterocycles. The van der Waals surface area contributed by atoms with Gasteiger partial charge in [0.15, 0.2) is 11.5 Å². The largest absolute Gasteiger partial charge is 0.493 e. The number of rotatable bonds is 11. The Bertz CT molecular complexity index is 1670. The Labute approximate surface area is 273 Å². The fourth-order valence-corrected chi connectivity index (χ4v) is 6.93. The van der Waals surface area contributed by atoms with E-state index in [0.717, 1.165) is 43.2 Å². The summed E-state index contributed by atoms with van der Waals surface area (Å²) in [5.74, 6) is 2.03. The van der Waals surface area contributed by atoms with Gasteiger partial charge in [-0.05, 0) is 67.5 Å². The number of anilines is 1. The lowest BCUT2D eigenvalue weighted by Crippen LogP contribution is -2.32. The molecule has 1 atom stereocenters.